The second kappa shape index (κ2) is 14.2. The van der Waals surface area contributed by atoms with Gasteiger partial charge in [-0.2, -0.15) is 0 Å². The molecule has 2 heterocycles. The molecule has 0 aliphatic carbocycles. The van der Waals surface area contributed by atoms with Gasteiger partial charge in [0.2, 0.25) is 11.8 Å². The Bertz CT molecular complexity index is 1350. The van der Waals surface area contributed by atoms with Gasteiger partial charge in [-0.05, 0) is 60.9 Å². The van der Waals surface area contributed by atoms with E-state index in [2.05, 4.69) is 59.8 Å². The lowest BCUT2D eigenvalue weighted by Crippen LogP contribution is -2.47. The number of hydrogen-bond acceptors (Lipinski definition) is 5. The number of carbonyl (C=O) groups is 2. The number of ether oxygens (including phenoxy) is 1. The number of benzene rings is 2. The molecule has 0 aliphatic heterocycles. The lowest BCUT2D eigenvalue weighted by molar-refractivity contribution is -0.123. The maximum absolute atomic E-state index is 12.6. The zero-order chi connectivity index (χ0) is 29.1. The molecule has 4 rings (SSSR count). The molecule has 7 heteroatoms. The van der Waals surface area contributed by atoms with Crippen molar-refractivity contribution in [3.05, 3.63) is 103 Å². The predicted molar refractivity (Wildman–Crippen MR) is 162 cm³/mol. The molecule has 212 valence electrons. The van der Waals surface area contributed by atoms with Crippen LogP contribution >= 0.6 is 0 Å². The largest absolute Gasteiger partial charge is 0.478 e. The number of carbonyl (C=O) groups excluding carboxylic acids is 2. The molecule has 0 saturated carbocycles. The zero-order valence-electron chi connectivity index (χ0n) is 24.0. The standard InChI is InChI=1S/C34H38N4O3/c1-25(37-33(40)28-17-12-19-35-23-28)32(39)36-24-34(2,3)18-10-11-20-41-31-22-29(26-13-6-4-7-14-26)21-30(38-31)27-15-8-5-9-16-27/h4-9,12-17,19,21-23,25H,10-11,18,20,24H2,1-3H3,(H,36,39)(H,37,40). The average molecular weight is 551 g/mol. The molecule has 1 unspecified atom stereocenters. The normalized spacial score (nSPS) is 11.9. The summed E-state index contributed by atoms with van der Waals surface area (Å²) in [6.07, 6.45) is 5.81. The van der Waals surface area contributed by atoms with Crippen molar-refractivity contribution in [1.82, 2.24) is 20.6 Å². The molecule has 2 aromatic heterocycles. The summed E-state index contributed by atoms with van der Waals surface area (Å²) in [5.74, 6) is 0.0796. The van der Waals surface area contributed by atoms with Crippen LogP contribution in [0.15, 0.2) is 97.3 Å². The first-order valence-electron chi connectivity index (χ1n) is 14.1. The van der Waals surface area contributed by atoms with Gasteiger partial charge in [0, 0.05) is 30.6 Å². The van der Waals surface area contributed by atoms with E-state index in [9.17, 15) is 9.59 Å². The van der Waals surface area contributed by atoms with Gasteiger partial charge < -0.3 is 15.4 Å². The highest BCUT2D eigenvalue weighted by Crippen LogP contribution is 2.29. The number of amides is 2. The molecule has 2 N–H and O–H groups in total. The number of aromatic nitrogens is 2. The van der Waals surface area contributed by atoms with E-state index in [1.54, 1.807) is 25.3 Å². The topological polar surface area (TPSA) is 93.2 Å². The van der Waals surface area contributed by atoms with Gasteiger partial charge in [-0.3, -0.25) is 14.6 Å². The van der Waals surface area contributed by atoms with Gasteiger partial charge in [0.25, 0.3) is 5.91 Å². The van der Waals surface area contributed by atoms with Crippen molar-refractivity contribution in [2.24, 2.45) is 5.41 Å². The minimum absolute atomic E-state index is 0.102. The molecule has 0 fully saturated rings. The first-order chi connectivity index (χ1) is 19.8. The Balaban J connectivity index is 1.25. The van der Waals surface area contributed by atoms with E-state index in [-0.39, 0.29) is 17.2 Å². The van der Waals surface area contributed by atoms with Crippen LogP contribution in [-0.4, -0.2) is 41.0 Å². The summed E-state index contributed by atoms with van der Waals surface area (Å²) in [6, 6.07) is 27.2. The monoisotopic (exact) mass is 550 g/mol. The van der Waals surface area contributed by atoms with Crippen LogP contribution in [-0.2, 0) is 4.79 Å². The number of nitrogens with one attached hydrogen (secondary N) is 2. The van der Waals surface area contributed by atoms with Crippen LogP contribution in [0.3, 0.4) is 0 Å². The number of rotatable bonds is 13. The highest BCUT2D eigenvalue weighted by molar-refractivity contribution is 5.97. The van der Waals surface area contributed by atoms with Crippen LogP contribution < -0.4 is 15.4 Å². The summed E-state index contributed by atoms with van der Waals surface area (Å²) in [5.41, 5.74) is 4.43. The summed E-state index contributed by atoms with van der Waals surface area (Å²) in [4.78, 5) is 33.6. The van der Waals surface area contributed by atoms with Gasteiger partial charge >= 0.3 is 0 Å². The van der Waals surface area contributed by atoms with Gasteiger partial charge in [-0.1, -0.05) is 74.5 Å². The maximum Gasteiger partial charge on any atom is 0.253 e. The highest BCUT2D eigenvalue weighted by atomic mass is 16.5. The van der Waals surface area contributed by atoms with Crippen LogP contribution in [0, 0.1) is 5.41 Å². The van der Waals surface area contributed by atoms with Crippen molar-refractivity contribution in [2.45, 2.75) is 46.1 Å². The molecule has 4 aromatic rings. The third kappa shape index (κ3) is 9.00. The Morgan fingerprint density at radius 2 is 1.59 bits per heavy atom. The van der Waals surface area contributed by atoms with Crippen molar-refractivity contribution in [2.75, 3.05) is 13.2 Å². The molecule has 2 aromatic carbocycles. The van der Waals surface area contributed by atoms with Crippen molar-refractivity contribution < 1.29 is 14.3 Å². The lowest BCUT2D eigenvalue weighted by atomic mass is 9.87. The number of nitrogens with zero attached hydrogens (tertiary/aromatic N) is 2. The van der Waals surface area contributed by atoms with Gasteiger partial charge in [-0.15, -0.1) is 0 Å². The first-order valence-corrected chi connectivity index (χ1v) is 14.1. The van der Waals surface area contributed by atoms with Crippen LogP contribution in [0.2, 0.25) is 0 Å². The molecule has 0 radical (unpaired) electrons. The minimum Gasteiger partial charge on any atom is -0.478 e. The van der Waals surface area contributed by atoms with Gasteiger partial charge in [0.1, 0.15) is 6.04 Å². The maximum atomic E-state index is 12.6. The summed E-state index contributed by atoms with van der Waals surface area (Å²) in [7, 11) is 0. The van der Waals surface area contributed by atoms with E-state index in [1.807, 2.05) is 42.5 Å². The van der Waals surface area contributed by atoms with E-state index in [4.69, 9.17) is 9.72 Å². The quantitative estimate of drug-likeness (QED) is 0.190. The summed E-state index contributed by atoms with van der Waals surface area (Å²) >= 11 is 0. The average Bonchev–Trinajstić information content (AvgIpc) is 3.00. The SMILES string of the molecule is CC(NC(=O)c1cccnc1)C(=O)NCC(C)(C)CCCCOc1cc(-c2ccccc2)cc(-c2ccccc2)n1. The summed E-state index contributed by atoms with van der Waals surface area (Å²) in [6.45, 7) is 7.01. The molecule has 7 nitrogen and oxygen atoms in total. The van der Waals surface area contributed by atoms with Gasteiger partial charge in [-0.25, -0.2) is 4.98 Å². The Morgan fingerprint density at radius 3 is 2.27 bits per heavy atom. The smallest absolute Gasteiger partial charge is 0.253 e. The van der Waals surface area contributed by atoms with Crippen LogP contribution in [0.5, 0.6) is 5.88 Å². The van der Waals surface area contributed by atoms with E-state index in [0.717, 1.165) is 41.6 Å². The van der Waals surface area contributed by atoms with Crippen molar-refractivity contribution >= 4 is 11.8 Å². The van der Waals surface area contributed by atoms with Crippen molar-refractivity contribution in [3.63, 3.8) is 0 Å². The molecule has 0 aliphatic rings. The fourth-order valence-electron chi connectivity index (χ4n) is 4.43. The Kier molecular flexibility index (Phi) is 10.2. The molecule has 0 bridgehead atoms. The molecular formula is C34H38N4O3. The molecule has 0 saturated heterocycles. The van der Waals surface area contributed by atoms with E-state index in [0.29, 0.717) is 24.6 Å². The minimum atomic E-state index is -0.646. The van der Waals surface area contributed by atoms with E-state index in [1.165, 1.54) is 6.20 Å². The molecule has 0 spiro atoms. The second-order valence-electron chi connectivity index (χ2n) is 10.9. The number of hydrogen-bond donors (Lipinski definition) is 2. The Labute approximate surface area is 242 Å². The highest BCUT2D eigenvalue weighted by Gasteiger charge is 2.22. The predicted octanol–water partition coefficient (Wildman–Crippen LogP) is 6.32. The molecular weight excluding hydrogens is 512 g/mol. The molecule has 1 atom stereocenters. The molecule has 2 amide bonds. The molecule has 41 heavy (non-hydrogen) atoms. The van der Waals surface area contributed by atoms with Crippen LogP contribution in [0.1, 0.15) is 50.4 Å². The summed E-state index contributed by atoms with van der Waals surface area (Å²) < 4.78 is 6.12. The Hall–Kier alpha value is -4.52. The van der Waals surface area contributed by atoms with Gasteiger partial charge in [0.15, 0.2) is 0 Å². The summed E-state index contributed by atoms with van der Waals surface area (Å²) in [5, 5.41) is 5.70. The number of pyridine rings is 2. The van der Waals surface area contributed by atoms with Crippen LogP contribution in [0.4, 0.5) is 0 Å². The zero-order valence-corrected chi connectivity index (χ0v) is 24.0. The first kappa shape index (κ1) is 29.5. The second-order valence-corrected chi connectivity index (χ2v) is 10.9. The van der Waals surface area contributed by atoms with Gasteiger partial charge in [0.05, 0.1) is 17.9 Å². The Morgan fingerprint density at radius 1 is 0.878 bits per heavy atom. The van der Waals surface area contributed by atoms with Crippen molar-refractivity contribution in [3.8, 4) is 28.3 Å². The van der Waals surface area contributed by atoms with E-state index >= 15 is 0 Å². The van der Waals surface area contributed by atoms with Crippen molar-refractivity contribution in [1.29, 1.82) is 0 Å². The third-order valence-electron chi connectivity index (χ3n) is 6.88. The van der Waals surface area contributed by atoms with Crippen LogP contribution in [0.25, 0.3) is 22.4 Å². The third-order valence-corrected chi connectivity index (χ3v) is 6.88. The number of unbranched alkanes of at least 4 members (excludes halogenated alkanes) is 1. The van der Waals surface area contributed by atoms with E-state index < -0.39 is 6.04 Å². The lowest BCUT2D eigenvalue weighted by Gasteiger charge is -2.26. The fourth-order valence-corrected chi connectivity index (χ4v) is 4.43. The fraction of sp³-hybridized carbons (Fsp3) is 0.294.